The molecule has 0 aliphatic heterocycles. The Balaban J connectivity index is 2.80. The lowest BCUT2D eigenvalue weighted by molar-refractivity contribution is 0.0915. The molecular weight excluding hydrogens is 249 g/mol. The average Bonchev–Trinajstić information content (AvgIpc) is 2.25. The van der Waals surface area contributed by atoms with Crippen molar-refractivity contribution >= 4 is 29.1 Å². The van der Waals surface area contributed by atoms with Gasteiger partial charge in [0.1, 0.15) is 0 Å². The molecule has 1 atom stereocenters. The zero-order valence-electron chi connectivity index (χ0n) is 8.84. The average molecular weight is 262 g/mol. The molecule has 1 amide bonds. The molecule has 0 radical (unpaired) electrons. The summed E-state index contributed by atoms with van der Waals surface area (Å²) in [7, 11) is 0. The fourth-order valence-electron chi connectivity index (χ4n) is 1.21. The Morgan fingerprint density at radius 3 is 2.69 bits per heavy atom. The highest BCUT2D eigenvalue weighted by atomic mass is 35.5. The molecule has 0 saturated heterocycles. The van der Waals surface area contributed by atoms with E-state index in [0.29, 0.717) is 22.0 Å². The molecule has 0 fully saturated rings. The summed E-state index contributed by atoms with van der Waals surface area (Å²) < 4.78 is 0. The van der Waals surface area contributed by atoms with Crippen LogP contribution in [-0.4, -0.2) is 23.7 Å². The van der Waals surface area contributed by atoms with Gasteiger partial charge in [-0.25, -0.2) is 0 Å². The predicted molar refractivity (Wildman–Crippen MR) is 65.1 cm³/mol. The molecule has 88 valence electrons. The van der Waals surface area contributed by atoms with Gasteiger partial charge < -0.3 is 10.4 Å². The number of aliphatic hydroxyl groups is 1. The lowest BCUT2D eigenvalue weighted by atomic mass is 10.2. The number of carbonyl (C=O) groups excluding carboxylic acids is 1. The molecule has 0 bridgehead atoms. The molecule has 0 aromatic heterocycles. The Morgan fingerprint density at radius 2 is 2.19 bits per heavy atom. The second-order valence-corrected chi connectivity index (χ2v) is 4.23. The van der Waals surface area contributed by atoms with Crippen LogP contribution >= 0.6 is 23.2 Å². The second kappa shape index (κ2) is 6.09. The fraction of sp³-hybridized carbons (Fsp3) is 0.364. The van der Waals surface area contributed by atoms with Crippen molar-refractivity contribution < 1.29 is 9.90 Å². The molecule has 1 aromatic rings. The Hall–Kier alpha value is -0.770. The van der Waals surface area contributed by atoms with Gasteiger partial charge in [0, 0.05) is 5.02 Å². The summed E-state index contributed by atoms with van der Waals surface area (Å²) in [5.74, 6) is -0.303. The van der Waals surface area contributed by atoms with E-state index in [1.54, 1.807) is 12.1 Å². The lowest BCUT2D eigenvalue weighted by Gasteiger charge is -2.14. The van der Waals surface area contributed by atoms with Crippen molar-refractivity contribution in [2.24, 2.45) is 0 Å². The maximum absolute atomic E-state index is 11.8. The van der Waals surface area contributed by atoms with Gasteiger partial charge in [-0.1, -0.05) is 30.1 Å². The summed E-state index contributed by atoms with van der Waals surface area (Å²) in [4.78, 5) is 11.8. The zero-order chi connectivity index (χ0) is 12.1. The van der Waals surface area contributed by atoms with Gasteiger partial charge in [0.15, 0.2) is 0 Å². The number of hydrogen-bond acceptors (Lipinski definition) is 2. The maximum atomic E-state index is 11.8. The molecule has 1 rings (SSSR count). The molecule has 5 heteroatoms. The van der Waals surface area contributed by atoms with Crippen LogP contribution in [0.2, 0.25) is 10.0 Å². The van der Waals surface area contributed by atoms with Crippen LogP contribution in [0.4, 0.5) is 0 Å². The lowest BCUT2D eigenvalue weighted by Crippen LogP contribution is -2.37. The van der Waals surface area contributed by atoms with Crippen molar-refractivity contribution in [1.82, 2.24) is 5.32 Å². The number of halogens is 2. The molecule has 1 unspecified atom stereocenters. The highest BCUT2D eigenvalue weighted by molar-refractivity contribution is 6.36. The maximum Gasteiger partial charge on any atom is 0.253 e. The number of aliphatic hydroxyl groups excluding tert-OH is 1. The number of carbonyl (C=O) groups is 1. The third-order valence-corrected chi connectivity index (χ3v) is 2.77. The predicted octanol–water partition coefficient (Wildman–Crippen LogP) is 2.49. The Morgan fingerprint density at radius 1 is 1.50 bits per heavy atom. The van der Waals surface area contributed by atoms with Crippen molar-refractivity contribution in [2.75, 3.05) is 6.61 Å². The van der Waals surface area contributed by atoms with Crippen LogP contribution in [-0.2, 0) is 0 Å². The monoisotopic (exact) mass is 261 g/mol. The molecule has 0 spiro atoms. The van der Waals surface area contributed by atoms with Crippen LogP contribution in [0.3, 0.4) is 0 Å². The van der Waals surface area contributed by atoms with Crippen molar-refractivity contribution in [2.45, 2.75) is 19.4 Å². The highest BCUT2D eigenvalue weighted by Crippen LogP contribution is 2.20. The Labute approximate surface area is 104 Å². The van der Waals surface area contributed by atoms with Gasteiger partial charge >= 0.3 is 0 Å². The normalized spacial score (nSPS) is 12.2. The van der Waals surface area contributed by atoms with Crippen LogP contribution in [0.1, 0.15) is 23.7 Å². The minimum absolute atomic E-state index is 0.0898. The zero-order valence-corrected chi connectivity index (χ0v) is 10.3. The van der Waals surface area contributed by atoms with Gasteiger partial charge in [0.25, 0.3) is 5.91 Å². The van der Waals surface area contributed by atoms with Crippen molar-refractivity contribution in [1.29, 1.82) is 0 Å². The molecular formula is C11H13Cl2NO2. The SMILES string of the molecule is CCC(CO)NC(=O)c1ccc(Cl)cc1Cl. The van der Waals surface area contributed by atoms with Gasteiger partial charge in [-0.3, -0.25) is 4.79 Å². The standard InChI is InChI=1S/C11H13Cl2NO2/c1-2-8(6-15)14-11(16)9-4-3-7(12)5-10(9)13/h3-5,8,15H,2,6H2,1H3,(H,14,16). The summed E-state index contributed by atoms with van der Waals surface area (Å²) in [5, 5.41) is 12.4. The van der Waals surface area contributed by atoms with Crippen LogP contribution in [0.15, 0.2) is 18.2 Å². The third-order valence-electron chi connectivity index (χ3n) is 2.22. The first-order valence-corrected chi connectivity index (χ1v) is 5.70. The topological polar surface area (TPSA) is 49.3 Å². The van der Waals surface area contributed by atoms with E-state index in [1.807, 2.05) is 6.92 Å². The van der Waals surface area contributed by atoms with E-state index in [4.69, 9.17) is 28.3 Å². The number of nitrogens with one attached hydrogen (secondary N) is 1. The first kappa shape index (κ1) is 13.3. The second-order valence-electron chi connectivity index (χ2n) is 3.39. The quantitative estimate of drug-likeness (QED) is 0.875. The van der Waals surface area contributed by atoms with Crippen LogP contribution < -0.4 is 5.32 Å². The van der Waals surface area contributed by atoms with E-state index in [9.17, 15) is 4.79 Å². The third kappa shape index (κ3) is 3.37. The Bertz CT molecular complexity index is 378. The summed E-state index contributed by atoms with van der Waals surface area (Å²) in [6, 6.07) is 4.42. The fourth-order valence-corrected chi connectivity index (χ4v) is 1.71. The summed E-state index contributed by atoms with van der Waals surface area (Å²) in [5.41, 5.74) is 0.359. The van der Waals surface area contributed by atoms with Gasteiger partial charge in [-0.2, -0.15) is 0 Å². The van der Waals surface area contributed by atoms with E-state index in [2.05, 4.69) is 5.32 Å². The molecule has 2 N–H and O–H groups in total. The molecule has 16 heavy (non-hydrogen) atoms. The minimum atomic E-state index is -0.303. The van der Waals surface area contributed by atoms with Crippen molar-refractivity contribution in [3.8, 4) is 0 Å². The van der Waals surface area contributed by atoms with E-state index in [-0.39, 0.29) is 18.6 Å². The summed E-state index contributed by atoms with van der Waals surface area (Å²) >= 11 is 11.6. The number of amides is 1. The molecule has 0 aliphatic rings. The van der Waals surface area contributed by atoms with Gasteiger partial charge in [0.2, 0.25) is 0 Å². The van der Waals surface area contributed by atoms with Gasteiger partial charge in [-0.05, 0) is 24.6 Å². The van der Waals surface area contributed by atoms with Crippen LogP contribution in [0.5, 0.6) is 0 Å². The molecule has 3 nitrogen and oxygen atoms in total. The van der Waals surface area contributed by atoms with E-state index >= 15 is 0 Å². The highest BCUT2D eigenvalue weighted by Gasteiger charge is 2.14. The summed E-state index contributed by atoms with van der Waals surface area (Å²) in [6.45, 7) is 1.79. The first-order chi connectivity index (χ1) is 7.58. The number of hydrogen-bond donors (Lipinski definition) is 2. The van der Waals surface area contributed by atoms with Gasteiger partial charge in [-0.15, -0.1) is 0 Å². The molecule has 1 aromatic carbocycles. The molecule has 0 aliphatic carbocycles. The minimum Gasteiger partial charge on any atom is -0.394 e. The number of rotatable bonds is 4. The van der Waals surface area contributed by atoms with E-state index in [1.165, 1.54) is 6.07 Å². The van der Waals surface area contributed by atoms with Gasteiger partial charge in [0.05, 0.1) is 23.2 Å². The van der Waals surface area contributed by atoms with Crippen LogP contribution in [0, 0.1) is 0 Å². The molecule has 0 saturated carbocycles. The first-order valence-electron chi connectivity index (χ1n) is 4.95. The largest absolute Gasteiger partial charge is 0.394 e. The van der Waals surface area contributed by atoms with E-state index in [0.717, 1.165) is 0 Å². The van der Waals surface area contributed by atoms with Crippen LogP contribution in [0.25, 0.3) is 0 Å². The van der Waals surface area contributed by atoms with Crippen molar-refractivity contribution in [3.63, 3.8) is 0 Å². The molecule has 0 heterocycles. The smallest absolute Gasteiger partial charge is 0.253 e. The van der Waals surface area contributed by atoms with Crippen molar-refractivity contribution in [3.05, 3.63) is 33.8 Å². The Kier molecular flexibility index (Phi) is 5.06. The van der Waals surface area contributed by atoms with E-state index < -0.39 is 0 Å². The summed E-state index contributed by atoms with van der Waals surface area (Å²) in [6.07, 6.45) is 0.660. The number of benzene rings is 1.